The van der Waals surface area contributed by atoms with Gasteiger partial charge in [-0.1, -0.05) is 26.0 Å². The van der Waals surface area contributed by atoms with E-state index in [4.69, 9.17) is 9.47 Å². The number of halogens is 1. The number of anilines is 1. The first-order valence-electron chi connectivity index (χ1n) is 8.89. The van der Waals surface area contributed by atoms with Gasteiger partial charge in [-0.25, -0.2) is 12.8 Å². The van der Waals surface area contributed by atoms with Gasteiger partial charge < -0.3 is 9.47 Å². The largest absolute Gasteiger partial charge is 0.497 e. The van der Waals surface area contributed by atoms with Crippen LogP contribution in [0, 0.1) is 5.82 Å². The maximum absolute atomic E-state index is 13.1. The summed E-state index contributed by atoms with van der Waals surface area (Å²) in [6, 6.07) is 11.9. The van der Waals surface area contributed by atoms with Gasteiger partial charge in [0.25, 0.3) is 10.0 Å². The van der Waals surface area contributed by atoms with E-state index in [1.807, 2.05) is 13.8 Å². The molecule has 0 aliphatic carbocycles. The summed E-state index contributed by atoms with van der Waals surface area (Å²) < 4.78 is 51.5. The number of nitrogens with one attached hydrogen (secondary N) is 1. The number of hydrogen-bond donors (Lipinski definition) is 1. The molecular weight excluding hydrogens is 395 g/mol. The first-order valence-corrected chi connectivity index (χ1v) is 10.4. The molecule has 3 aromatic rings. The highest BCUT2D eigenvalue weighted by Crippen LogP contribution is 2.30. The first-order chi connectivity index (χ1) is 13.9. The Balaban J connectivity index is 0.00000146. The Morgan fingerprint density at radius 1 is 0.931 bits per heavy atom. The Kier molecular flexibility index (Phi) is 7.55. The van der Waals surface area contributed by atoms with Crippen molar-refractivity contribution in [1.29, 1.82) is 0 Å². The van der Waals surface area contributed by atoms with Crippen LogP contribution in [-0.2, 0) is 10.0 Å². The summed E-state index contributed by atoms with van der Waals surface area (Å²) in [4.78, 5) is 4.00. The van der Waals surface area contributed by atoms with Gasteiger partial charge >= 0.3 is 0 Å². The molecule has 1 aromatic heterocycles. The van der Waals surface area contributed by atoms with Crippen molar-refractivity contribution in [2.24, 2.45) is 0 Å². The molecule has 0 unspecified atom stereocenters. The van der Waals surface area contributed by atoms with Gasteiger partial charge in [0.1, 0.15) is 22.2 Å². The molecule has 0 spiro atoms. The third kappa shape index (κ3) is 5.45. The minimum absolute atomic E-state index is 0. The van der Waals surface area contributed by atoms with Crippen LogP contribution in [0.1, 0.15) is 15.3 Å². The summed E-state index contributed by atoms with van der Waals surface area (Å²) in [5.41, 5.74) is 1.62. The van der Waals surface area contributed by atoms with Crippen molar-refractivity contribution in [2.45, 2.75) is 18.7 Å². The van der Waals surface area contributed by atoms with E-state index < -0.39 is 10.0 Å². The lowest BCUT2D eigenvalue weighted by Crippen LogP contribution is -2.14. The van der Waals surface area contributed by atoms with E-state index >= 15 is 0 Å². The summed E-state index contributed by atoms with van der Waals surface area (Å²) in [6.07, 6.45) is 2.95. The first kappa shape index (κ1) is 22.2. The van der Waals surface area contributed by atoms with Gasteiger partial charge in [-0.2, -0.15) is 0 Å². The molecule has 0 aliphatic heterocycles. The number of pyridine rings is 1. The highest BCUT2D eigenvalue weighted by molar-refractivity contribution is 7.92. The fraction of sp³-hybridized carbons (Fsp3) is 0.190. The molecule has 156 valence electrons. The zero-order valence-electron chi connectivity index (χ0n) is 16.6. The molecule has 1 N–H and O–H groups in total. The van der Waals surface area contributed by atoms with Crippen molar-refractivity contribution in [3.8, 4) is 22.6 Å². The lowest BCUT2D eigenvalue weighted by atomic mass is 10.1. The zero-order valence-corrected chi connectivity index (χ0v) is 17.5. The Morgan fingerprint density at radius 2 is 1.62 bits per heavy atom. The third-order valence-electron chi connectivity index (χ3n) is 3.83. The van der Waals surface area contributed by atoms with Crippen molar-refractivity contribution in [1.82, 2.24) is 4.98 Å². The molecule has 0 fully saturated rings. The lowest BCUT2D eigenvalue weighted by Gasteiger charge is -2.13. The normalized spacial score (nSPS) is 10.5. The molecule has 1 heterocycles. The monoisotopic (exact) mass is 420 g/mol. The Hall–Kier alpha value is -3.13. The maximum Gasteiger partial charge on any atom is 0.265 e. The number of benzene rings is 2. The van der Waals surface area contributed by atoms with Gasteiger partial charge in [0, 0.05) is 19.3 Å². The molecule has 0 atom stereocenters. The van der Waals surface area contributed by atoms with Crippen LogP contribution in [0.3, 0.4) is 0 Å². The van der Waals surface area contributed by atoms with Crippen LogP contribution in [0.15, 0.2) is 65.8 Å². The third-order valence-corrected chi connectivity index (χ3v) is 5.23. The van der Waals surface area contributed by atoms with Crippen LogP contribution < -0.4 is 14.2 Å². The average molecular weight is 421 g/mol. The number of aromatic nitrogens is 1. The fourth-order valence-electron chi connectivity index (χ4n) is 2.50. The van der Waals surface area contributed by atoms with Crippen LogP contribution in [0.4, 0.5) is 10.1 Å². The van der Waals surface area contributed by atoms with Crippen LogP contribution in [0.5, 0.6) is 11.5 Å². The van der Waals surface area contributed by atoms with Crippen LogP contribution in [0.2, 0.25) is 0 Å². The summed E-state index contributed by atoms with van der Waals surface area (Å²) in [5, 5.41) is 0. The molecule has 8 heteroatoms. The average Bonchev–Trinajstić information content (AvgIpc) is 2.75. The van der Waals surface area contributed by atoms with E-state index in [1.165, 1.54) is 44.7 Å². The highest BCUT2D eigenvalue weighted by Gasteiger charge is 2.21. The van der Waals surface area contributed by atoms with E-state index in [0.717, 1.165) is 0 Å². The summed E-state index contributed by atoms with van der Waals surface area (Å²) in [6.45, 7) is 4.00. The van der Waals surface area contributed by atoms with Crippen LogP contribution in [0.25, 0.3) is 11.1 Å². The summed E-state index contributed by atoms with van der Waals surface area (Å²) in [7, 11) is -1.12. The molecule has 0 aliphatic rings. The minimum Gasteiger partial charge on any atom is -0.497 e. The summed E-state index contributed by atoms with van der Waals surface area (Å²) >= 11 is 0. The van der Waals surface area contributed by atoms with Crippen molar-refractivity contribution in [3.63, 3.8) is 0 Å². The Labute approximate surface area is 171 Å². The molecule has 6 nitrogen and oxygen atoms in total. The van der Waals surface area contributed by atoms with Crippen LogP contribution >= 0.6 is 0 Å². The number of methoxy groups -OCH3 is 2. The molecule has 0 radical (unpaired) electrons. The second-order valence-electron chi connectivity index (χ2n) is 5.59. The van der Waals surface area contributed by atoms with Gasteiger partial charge in [-0.15, -0.1) is 0 Å². The van der Waals surface area contributed by atoms with E-state index in [0.29, 0.717) is 16.9 Å². The van der Waals surface area contributed by atoms with Crippen molar-refractivity contribution < 1.29 is 23.7 Å². The molecule has 0 saturated heterocycles. The number of hydrogen-bond acceptors (Lipinski definition) is 5. The van der Waals surface area contributed by atoms with Gasteiger partial charge in [0.2, 0.25) is 0 Å². The van der Waals surface area contributed by atoms with Crippen LogP contribution in [-0.4, -0.2) is 27.6 Å². The second kappa shape index (κ2) is 9.88. The topological polar surface area (TPSA) is 77.5 Å². The molecule has 0 amide bonds. The smallest absolute Gasteiger partial charge is 0.265 e. The molecular formula is C21H25FN2O4S. The number of sulfonamides is 1. The van der Waals surface area contributed by atoms with E-state index in [9.17, 15) is 12.8 Å². The lowest BCUT2D eigenvalue weighted by molar-refractivity contribution is 0.392. The van der Waals surface area contributed by atoms with E-state index in [1.54, 1.807) is 30.5 Å². The standard InChI is InChI=1S/C19H17FN2O4S.C2H6.H2/c1-25-17-7-8-18(26-2)19(10-17)27(23,24)22-16-9-14(11-21-12-16)13-3-5-15(20)6-4-13;1-2;/h3-12,22H,1-2H3;1-2H3;1H. The fourth-order valence-corrected chi connectivity index (χ4v) is 3.72. The predicted octanol–water partition coefficient (Wildman–Crippen LogP) is 4.98. The van der Waals surface area contributed by atoms with E-state index in [2.05, 4.69) is 9.71 Å². The highest BCUT2D eigenvalue weighted by atomic mass is 32.2. The Bertz CT molecular complexity index is 1060. The van der Waals surface area contributed by atoms with Gasteiger partial charge in [-0.05, 0) is 35.9 Å². The molecule has 29 heavy (non-hydrogen) atoms. The van der Waals surface area contributed by atoms with Crippen molar-refractivity contribution in [2.75, 3.05) is 18.9 Å². The number of rotatable bonds is 6. The molecule has 3 rings (SSSR count). The van der Waals surface area contributed by atoms with E-state index in [-0.39, 0.29) is 23.6 Å². The zero-order chi connectivity index (χ0) is 21.4. The summed E-state index contributed by atoms with van der Waals surface area (Å²) in [5.74, 6) is 0.217. The van der Waals surface area contributed by atoms with Gasteiger partial charge in [-0.3, -0.25) is 9.71 Å². The van der Waals surface area contributed by atoms with Crippen molar-refractivity contribution >= 4 is 15.7 Å². The predicted molar refractivity (Wildman–Crippen MR) is 113 cm³/mol. The van der Waals surface area contributed by atoms with Gasteiger partial charge in [0.05, 0.1) is 26.1 Å². The molecule has 2 aromatic carbocycles. The van der Waals surface area contributed by atoms with Gasteiger partial charge in [0.15, 0.2) is 0 Å². The SMILES string of the molecule is CC.COc1ccc(OC)c(S(=O)(=O)Nc2cncc(-c3ccc(F)cc3)c2)c1.[HH]. The molecule has 0 saturated carbocycles. The minimum atomic E-state index is -3.95. The quantitative estimate of drug-likeness (QED) is 0.609. The maximum atomic E-state index is 13.1. The number of nitrogens with zero attached hydrogens (tertiary/aromatic N) is 1. The Morgan fingerprint density at radius 3 is 2.24 bits per heavy atom. The number of ether oxygens (including phenoxy) is 2. The molecule has 0 bridgehead atoms. The van der Waals surface area contributed by atoms with Crippen molar-refractivity contribution in [3.05, 3.63) is 66.7 Å². The second-order valence-corrected chi connectivity index (χ2v) is 7.24.